The summed E-state index contributed by atoms with van der Waals surface area (Å²) < 4.78 is 0. The van der Waals surface area contributed by atoms with Crippen molar-refractivity contribution in [3.63, 3.8) is 0 Å². The van der Waals surface area contributed by atoms with Crippen molar-refractivity contribution >= 4 is 27.8 Å². The minimum Gasteiger partial charge on any atom is -0.310 e. The van der Waals surface area contributed by atoms with Crippen LogP contribution in [0.2, 0.25) is 0 Å². The fourth-order valence-electron chi connectivity index (χ4n) is 11.3. The zero-order valence-electron chi connectivity index (χ0n) is 33.1. The second kappa shape index (κ2) is 14.6. The van der Waals surface area contributed by atoms with E-state index < -0.39 is 0 Å². The maximum absolute atomic E-state index is 2.66. The summed E-state index contributed by atoms with van der Waals surface area (Å²) in [5, 5.41) is 2.49. The van der Waals surface area contributed by atoms with E-state index in [0.29, 0.717) is 0 Å². The molecule has 10 rings (SSSR count). The molecule has 0 atom stereocenters. The molecule has 0 unspecified atom stereocenters. The van der Waals surface area contributed by atoms with Crippen LogP contribution in [-0.4, -0.2) is 0 Å². The van der Waals surface area contributed by atoms with Gasteiger partial charge < -0.3 is 4.90 Å². The first-order valence-corrected chi connectivity index (χ1v) is 21.4. The maximum atomic E-state index is 2.66. The number of aryl methyl sites for hydroxylation is 2. The summed E-state index contributed by atoms with van der Waals surface area (Å²) in [6.07, 6.45) is 13.8. The Morgan fingerprint density at radius 2 is 1.02 bits per heavy atom. The van der Waals surface area contributed by atoms with E-state index in [1.54, 1.807) is 11.1 Å². The third-order valence-electron chi connectivity index (χ3n) is 13.9. The number of fused-ring (bicyclic) bond motifs is 4. The molecule has 0 aliphatic heterocycles. The zero-order valence-corrected chi connectivity index (χ0v) is 33.1. The Morgan fingerprint density at radius 3 is 1.70 bits per heavy atom. The fourth-order valence-corrected chi connectivity index (χ4v) is 11.3. The summed E-state index contributed by atoms with van der Waals surface area (Å²) in [6, 6.07) is 57.2. The van der Waals surface area contributed by atoms with Gasteiger partial charge in [-0.05, 0) is 143 Å². The average Bonchev–Trinajstić information content (AvgIpc) is 3.53. The SMILES string of the molecule is Cc1ccc2c(c1)C(C1CCCCC1)(C1CCCCC1)c1cc(C)c(-c3ccc(N(c4ccc(-c5ccccc5)cc4)c4cccc5ccccc45)cc3)cc1-2. The van der Waals surface area contributed by atoms with Gasteiger partial charge in [0.25, 0.3) is 0 Å². The highest BCUT2D eigenvalue weighted by Gasteiger charge is 2.53. The van der Waals surface area contributed by atoms with Crippen LogP contribution in [0.3, 0.4) is 0 Å². The molecule has 278 valence electrons. The first kappa shape index (κ1) is 35.0. The lowest BCUT2D eigenvalue weighted by Gasteiger charge is -2.49. The Hall–Kier alpha value is -5.40. The molecule has 2 fully saturated rings. The van der Waals surface area contributed by atoms with Gasteiger partial charge in [-0.15, -0.1) is 0 Å². The van der Waals surface area contributed by atoms with Crippen LogP contribution >= 0.6 is 0 Å². The monoisotopic (exact) mass is 727 g/mol. The third-order valence-corrected chi connectivity index (χ3v) is 13.9. The largest absolute Gasteiger partial charge is 0.310 e. The van der Waals surface area contributed by atoms with E-state index in [1.807, 2.05) is 0 Å². The van der Waals surface area contributed by atoms with Gasteiger partial charge in [-0.2, -0.15) is 0 Å². The van der Waals surface area contributed by atoms with Gasteiger partial charge in [0.15, 0.2) is 0 Å². The molecule has 56 heavy (non-hydrogen) atoms. The number of rotatable bonds is 7. The van der Waals surface area contributed by atoms with Crippen LogP contribution in [0.25, 0.3) is 44.2 Å². The molecule has 1 nitrogen and oxygen atoms in total. The zero-order chi connectivity index (χ0) is 37.6. The molecule has 0 saturated heterocycles. The van der Waals surface area contributed by atoms with Crippen LogP contribution in [0.1, 0.15) is 86.5 Å². The molecule has 0 spiro atoms. The van der Waals surface area contributed by atoms with Gasteiger partial charge in [0, 0.05) is 22.2 Å². The highest BCUT2D eigenvalue weighted by atomic mass is 15.1. The molecule has 7 aromatic carbocycles. The topological polar surface area (TPSA) is 3.24 Å². The molecule has 3 aliphatic rings. The average molecular weight is 728 g/mol. The van der Waals surface area contributed by atoms with E-state index in [2.05, 4.69) is 170 Å². The number of anilines is 3. The molecule has 0 aromatic heterocycles. The second-order valence-corrected chi connectivity index (χ2v) is 17.1. The van der Waals surface area contributed by atoms with Gasteiger partial charge in [-0.1, -0.05) is 159 Å². The molecular formula is C55H53N. The van der Waals surface area contributed by atoms with Crippen molar-refractivity contribution < 1.29 is 0 Å². The molecule has 0 radical (unpaired) electrons. The summed E-state index contributed by atoms with van der Waals surface area (Å²) in [6.45, 7) is 4.69. The Labute approximate surface area is 334 Å². The molecular weight excluding hydrogens is 675 g/mol. The minimum atomic E-state index is 0.139. The van der Waals surface area contributed by atoms with Gasteiger partial charge >= 0.3 is 0 Å². The summed E-state index contributed by atoms with van der Waals surface area (Å²) in [5.74, 6) is 1.46. The smallest absolute Gasteiger partial charge is 0.0540 e. The summed E-state index contributed by atoms with van der Waals surface area (Å²) >= 11 is 0. The molecule has 0 N–H and O–H groups in total. The van der Waals surface area contributed by atoms with Crippen LogP contribution in [-0.2, 0) is 5.41 Å². The maximum Gasteiger partial charge on any atom is 0.0540 e. The molecule has 7 aromatic rings. The van der Waals surface area contributed by atoms with Crippen LogP contribution in [0.15, 0.2) is 152 Å². The minimum absolute atomic E-state index is 0.139. The normalized spacial score (nSPS) is 16.8. The lowest BCUT2D eigenvalue weighted by molar-refractivity contribution is 0.137. The third kappa shape index (κ3) is 5.90. The van der Waals surface area contributed by atoms with Gasteiger partial charge in [0.1, 0.15) is 0 Å². The first-order chi connectivity index (χ1) is 27.6. The van der Waals surface area contributed by atoms with Gasteiger partial charge in [-0.25, -0.2) is 0 Å². The van der Waals surface area contributed by atoms with Crippen LogP contribution in [0.4, 0.5) is 17.1 Å². The van der Waals surface area contributed by atoms with Crippen molar-refractivity contribution in [3.8, 4) is 33.4 Å². The van der Waals surface area contributed by atoms with Crippen molar-refractivity contribution in [1.29, 1.82) is 0 Å². The van der Waals surface area contributed by atoms with Crippen molar-refractivity contribution in [2.45, 2.75) is 83.5 Å². The van der Waals surface area contributed by atoms with E-state index in [-0.39, 0.29) is 5.41 Å². The lowest BCUT2D eigenvalue weighted by atomic mass is 9.54. The highest BCUT2D eigenvalue weighted by Crippen LogP contribution is 2.62. The van der Waals surface area contributed by atoms with Crippen LogP contribution in [0.5, 0.6) is 0 Å². The molecule has 1 heteroatoms. The molecule has 3 aliphatic carbocycles. The summed E-state index contributed by atoms with van der Waals surface area (Å²) in [7, 11) is 0. The summed E-state index contributed by atoms with van der Waals surface area (Å²) in [4.78, 5) is 2.43. The van der Waals surface area contributed by atoms with E-state index in [0.717, 1.165) is 23.2 Å². The highest BCUT2D eigenvalue weighted by molar-refractivity contribution is 5.99. The Balaban J connectivity index is 1.08. The van der Waals surface area contributed by atoms with Crippen molar-refractivity contribution in [2.75, 3.05) is 4.90 Å². The first-order valence-electron chi connectivity index (χ1n) is 21.4. The second-order valence-electron chi connectivity index (χ2n) is 17.1. The number of nitrogens with zero attached hydrogens (tertiary/aromatic N) is 1. The number of hydrogen-bond acceptors (Lipinski definition) is 1. The molecule has 0 amide bonds. The summed E-state index contributed by atoms with van der Waals surface area (Å²) in [5.41, 5.74) is 17.8. The Bertz CT molecular complexity index is 2470. The quantitative estimate of drug-likeness (QED) is 0.158. The van der Waals surface area contributed by atoms with E-state index in [9.17, 15) is 0 Å². The fraction of sp³-hybridized carbons (Fsp3) is 0.273. The van der Waals surface area contributed by atoms with Crippen molar-refractivity contribution in [2.24, 2.45) is 11.8 Å². The predicted octanol–water partition coefficient (Wildman–Crippen LogP) is 15.7. The predicted molar refractivity (Wildman–Crippen MR) is 238 cm³/mol. The van der Waals surface area contributed by atoms with E-state index in [1.165, 1.54) is 125 Å². The lowest BCUT2D eigenvalue weighted by Crippen LogP contribution is -2.44. The van der Waals surface area contributed by atoms with E-state index in [4.69, 9.17) is 0 Å². The number of benzene rings is 7. The van der Waals surface area contributed by atoms with Crippen molar-refractivity contribution in [1.82, 2.24) is 0 Å². The van der Waals surface area contributed by atoms with Gasteiger partial charge in [0.05, 0.1) is 5.69 Å². The van der Waals surface area contributed by atoms with Crippen LogP contribution < -0.4 is 4.90 Å². The van der Waals surface area contributed by atoms with Crippen molar-refractivity contribution in [3.05, 3.63) is 174 Å². The molecule has 0 heterocycles. The van der Waals surface area contributed by atoms with Crippen LogP contribution in [0, 0.1) is 25.7 Å². The Morgan fingerprint density at radius 1 is 0.446 bits per heavy atom. The molecule has 2 saturated carbocycles. The van der Waals surface area contributed by atoms with Gasteiger partial charge in [0.2, 0.25) is 0 Å². The number of hydrogen-bond donors (Lipinski definition) is 0. The molecule has 0 bridgehead atoms. The standard InChI is InChI=1S/C55H53N/c1-38-25-34-49-51-37-50(39(2)36-53(51)55(52(49)35-38,44-19-8-4-9-20-44)45-21-10-5-11-22-45)43-28-32-47(33-29-43)56(54-24-14-18-42-17-12-13-23-48(42)54)46-30-26-41(27-31-46)40-15-6-3-7-16-40/h3,6-7,12-18,23-37,44-45H,4-5,8-11,19-22H2,1-2H3. The van der Waals surface area contributed by atoms with Gasteiger partial charge in [-0.3, -0.25) is 0 Å². The Kier molecular flexibility index (Phi) is 9.13. The van der Waals surface area contributed by atoms with E-state index >= 15 is 0 Å².